The lowest BCUT2D eigenvalue weighted by Crippen LogP contribution is -2.34. The van der Waals surface area contributed by atoms with Crippen LogP contribution in [0.3, 0.4) is 0 Å². The van der Waals surface area contributed by atoms with E-state index >= 15 is 0 Å². The minimum atomic E-state index is -2.47. The summed E-state index contributed by atoms with van der Waals surface area (Å²) in [4.78, 5) is 5.56. The maximum absolute atomic E-state index is 13.0. The fourth-order valence-electron chi connectivity index (χ4n) is 2.33. The zero-order valence-corrected chi connectivity index (χ0v) is 12.3. The number of hydrogen-bond donors (Lipinski definition) is 2. The third-order valence-corrected chi connectivity index (χ3v) is 4.55. The van der Waals surface area contributed by atoms with Gasteiger partial charge in [0.1, 0.15) is 0 Å². The number of aliphatic imine (C=N–C) groups is 1. The van der Waals surface area contributed by atoms with Crippen LogP contribution in [0.5, 0.6) is 0 Å². The van der Waals surface area contributed by atoms with Crippen LogP contribution in [-0.2, 0) is 6.42 Å². The number of halogens is 2. The van der Waals surface area contributed by atoms with Crippen LogP contribution < -0.4 is 11.1 Å². The second-order valence-corrected chi connectivity index (χ2v) is 6.31. The molecule has 0 spiro atoms. The SMILES string of the molecule is NC(=NCC1CCC(F)(F)CC1)NCCc1cccs1. The normalized spacial score (nSPS) is 20.0. The Labute approximate surface area is 122 Å². The number of thiophene rings is 1. The van der Waals surface area contributed by atoms with Gasteiger partial charge in [0.05, 0.1) is 0 Å². The summed E-state index contributed by atoms with van der Waals surface area (Å²) < 4.78 is 26.0. The molecule has 20 heavy (non-hydrogen) atoms. The molecule has 0 saturated heterocycles. The van der Waals surface area contributed by atoms with Gasteiger partial charge in [-0.15, -0.1) is 11.3 Å². The molecule has 0 aromatic carbocycles. The Morgan fingerprint density at radius 2 is 2.20 bits per heavy atom. The Balaban J connectivity index is 1.64. The number of nitrogens with two attached hydrogens (primary N) is 1. The van der Waals surface area contributed by atoms with Gasteiger partial charge in [0.2, 0.25) is 5.92 Å². The molecule has 0 amide bonds. The molecule has 0 atom stereocenters. The van der Waals surface area contributed by atoms with Crippen molar-refractivity contribution in [2.45, 2.75) is 38.0 Å². The van der Waals surface area contributed by atoms with Gasteiger partial charge in [-0.05, 0) is 36.6 Å². The second-order valence-electron chi connectivity index (χ2n) is 5.28. The van der Waals surface area contributed by atoms with Crippen LogP contribution in [0.4, 0.5) is 8.78 Å². The van der Waals surface area contributed by atoms with Crippen molar-refractivity contribution in [2.24, 2.45) is 16.6 Å². The first-order valence-corrected chi connectivity index (χ1v) is 7.87. The molecule has 1 aromatic rings. The van der Waals surface area contributed by atoms with Crippen LogP contribution in [0.15, 0.2) is 22.5 Å². The van der Waals surface area contributed by atoms with Gasteiger partial charge >= 0.3 is 0 Å². The van der Waals surface area contributed by atoms with Crippen LogP contribution >= 0.6 is 11.3 Å². The van der Waals surface area contributed by atoms with Gasteiger partial charge in [-0.2, -0.15) is 0 Å². The van der Waals surface area contributed by atoms with Crippen molar-refractivity contribution < 1.29 is 8.78 Å². The van der Waals surface area contributed by atoms with Gasteiger partial charge in [-0.1, -0.05) is 6.07 Å². The van der Waals surface area contributed by atoms with E-state index in [-0.39, 0.29) is 18.8 Å². The first kappa shape index (κ1) is 15.2. The standard InChI is InChI=1S/C14H21F2N3S/c15-14(16)6-3-11(4-7-14)10-19-13(17)18-8-5-12-2-1-9-20-12/h1-2,9,11H,3-8,10H2,(H3,17,18,19). The molecule has 3 nitrogen and oxygen atoms in total. The Morgan fingerprint density at radius 3 is 2.85 bits per heavy atom. The smallest absolute Gasteiger partial charge is 0.248 e. The summed E-state index contributed by atoms with van der Waals surface area (Å²) in [6, 6.07) is 4.11. The van der Waals surface area contributed by atoms with Gasteiger partial charge in [0.25, 0.3) is 0 Å². The van der Waals surface area contributed by atoms with Crippen LogP contribution in [-0.4, -0.2) is 25.0 Å². The Morgan fingerprint density at radius 1 is 1.45 bits per heavy atom. The lowest BCUT2D eigenvalue weighted by Gasteiger charge is -2.27. The van der Waals surface area contributed by atoms with E-state index in [4.69, 9.17) is 5.73 Å². The van der Waals surface area contributed by atoms with Crippen molar-refractivity contribution in [1.29, 1.82) is 0 Å². The van der Waals surface area contributed by atoms with E-state index in [1.165, 1.54) is 4.88 Å². The van der Waals surface area contributed by atoms with Gasteiger partial charge in [-0.3, -0.25) is 4.99 Å². The van der Waals surface area contributed by atoms with Crippen molar-refractivity contribution >= 4 is 17.3 Å². The highest BCUT2D eigenvalue weighted by atomic mass is 32.1. The average Bonchev–Trinajstić information content (AvgIpc) is 2.91. The Bertz CT molecular complexity index is 422. The fourth-order valence-corrected chi connectivity index (χ4v) is 3.04. The van der Waals surface area contributed by atoms with Crippen molar-refractivity contribution in [3.63, 3.8) is 0 Å². The molecule has 6 heteroatoms. The molecule has 0 radical (unpaired) electrons. The number of nitrogens with one attached hydrogen (secondary N) is 1. The maximum Gasteiger partial charge on any atom is 0.248 e. The first-order valence-electron chi connectivity index (χ1n) is 6.99. The zero-order valence-electron chi connectivity index (χ0n) is 11.4. The molecule has 0 unspecified atom stereocenters. The molecule has 112 valence electrons. The minimum Gasteiger partial charge on any atom is -0.370 e. The van der Waals surface area contributed by atoms with Crippen LogP contribution in [0.25, 0.3) is 0 Å². The lowest BCUT2D eigenvalue weighted by molar-refractivity contribution is -0.0446. The largest absolute Gasteiger partial charge is 0.370 e. The molecule has 1 aliphatic rings. The Kier molecular flexibility index (Phi) is 5.34. The number of hydrogen-bond acceptors (Lipinski definition) is 2. The van der Waals surface area contributed by atoms with Crippen LogP contribution in [0.2, 0.25) is 0 Å². The molecule has 3 N–H and O–H groups in total. The minimum absolute atomic E-state index is 0.0150. The lowest BCUT2D eigenvalue weighted by atomic mass is 9.87. The first-order chi connectivity index (χ1) is 9.55. The molecule has 0 aliphatic heterocycles. The average molecular weight is 301 g/mol. The molecule has 1 heterocycles. The number of alkyl halides is 2. The molecular formula is C14H21F2N3S. The van der Waals surface area contributed by atoms with E-state index in [1.54, 1.807) is 11.3 Å². The topological polar surface area (TPSA) is 50.4 Å². The van der Waals surface area contributed by atoms with Crippen molar-refractivity contribution in [3.05, 3.63) is 22.4 Å². The predicted molar refractivity (Wildman–Crippen MR) is 79.4 cm³/mol. The zero-order chi connectivity index (χ0) is 14.4. The van der Waals surface area contributed by atoms with Gasteiger partial charge in [0.15, 0.2) is 5.96 Å². The number of rotatable bonds is 5. The van der Waals surface area contributed by atoms with E-state index in [2.05, 4.69) is 16.4 Å². The van der Waals surface area contributed by atoms with Crippen molar-refractivity contribution in [3.8, 4) is 0 Å². The molecule has 2 rings (SSSR count). The summed E-state index contributed by atoms with van der Waals surface area (Å²) in [5, 5.41) is 5.11. The van der Waals surface area contributed by atoms with E-state index in [1.807, 2.05) is 11.4 Å². The van der Waals surface area contributed by atoms with Crippen LogP contribution in [0.1, 0.15) is 30.6 Å². The molecular weight excluding hydrogens is 280 g/mol. The highest BCUT2D eigenvalue weighted by Gasteiger charge is 2.34. The summed E-state index contributed by atoms with van der Waals surface area (Å²) in [7, 11) is 0. The monoisotopic (exact) mass is 301 g/mol. The molecule has 1 aromatic heterocycles. The summed E-state index contributed by atoms with van der Waals surface area (Å²) in [5.41, 5.74) is 5.78. The quantitative estimate of drug-likeness (QED) is 0.649. The fraction of sp³-hybridized carbons (Fsp3) is 0.643. The van der Waals surface area contributed by atoms with E-state index in [9.17, 15) is 8.78 Å². The Hall–Kier alpha value is -1.17. The highest BCUT2D eigenvalue weighted by Crippen LogP contribution is 2.36. The molecule has 1 aliphatic carbocycles. The van der Waals surface area contributed by atoms with Gasteiger partial charge in [0, 0.05) is 30.8 Å². The number of nitrogens with zero attached hydrogens (tertiary/aromatic N) is 1. The summed E-state index contributed by atoms with van der Waals surface area (Å²) in [6.07, 6.45) is 1.97. The summed E-state index contributed by atoms with van der Waals surface area (Å²) in [5.74, 6) is -1.81. The molecule has 0 bridgehead atoms. The van der Waals surface area contributed by atoms with Crippen molar-refractivity contribution in [2.75, 3.05) is 13.1 Å². The predicted octanol–water partition coefficient (Wildman–Crippen LogP) is 3.02. The summed E-state index contributed by atoms with van der Waals surface area (Å²) >= 11 is 1.72. The third kappa shape index (κ3) is 5.07. The molecule has 1 fully saturated rings. The van der Waals surface area contributed by atoms with Crippen LogP contribution in [0, 0.1) is 5.92 Å². The van der Waals surface area contributed by atoms with E-state index < -0.39 is 5.92 Å². The molecule has 1 saturated carbocycles. The number of guanidine groups is 1. The van der Waals surface area contributed by atoms with E-state index in [0.29, 0.717) is 25.3 Å². The van der Waals surface area contributed by atoms with Gasteiger partial charge < -0.3 is 11.1 Å². The van der Waals surface area contributed by atoms with Gasteiger partial charge in [-0.25, -0.2) is 8.78 Å². The van der Waals surface area contributed by atoms with E-state index in [0.717, 1.165) is 13.0 Å². The second kappa shape index (κ2) is 7.02. The van der Waals surface area contributed by atoms with Crippen molar-refractivity contribution in [1.82, 2.24) is 5.32 Å². The maximum atomic E-state index is 13.0. The summed E-state index contributed by atoms with van der Waals surface area (Å²) in [6.45, 7) is 1.30. The third-order valence-electron chi connectivity index (χ3n) is 3.61. The highest BCUT2D eigenvalue weighted by molar-refractivity contribution is 7.09.